The van der Waals surface area contributed by atoms with Crippen LogP contribution in [0.5, 0.6) is 0 Å². The monoisotopic (exact) mass is 719 g/mol. The predicted octanol–water partition coefficient (Wildman–Crippen LogP) is 16.0. The van der Waals surface area contributed by atoms with E-state index in [4.69, 9.17) is 0 Å². The molecule has 292 valence electrons. The maximum absolute atomic E-state index is 9.87. The second-order valence-electron chi connectivity index (χ2n) is 15.5. The molecule has 0 heterocycles. The average Bonchev–Trinajstić information content (AvgIpc) is 3.18. The Morgan fingerprint density at radius 3 is 1.72 bits per heavy atom. The largest absolute Gasteiger partial charge is 0.348 e. The van der Waals surface area contributed by atoms with Gasteiger partial charge in [0.25, 0.3) is 0 Å². The molecule has 0 radical (unpaired) electrons. The number of unbranched alkanes of at least 4 members (excludes halogenated alkanes) is 20. The Bertz CT molecular complexity index is 1410. The van der Waals surface area contributed by atoms with Crippen LogP contribution in [0.4, 0.5) is 0 Å². The van der Waals surface area contributed by atoms with Gasteiger partial charge in [0.05, 0.1) is 5.57 Å². The zero-order valence-corrected chi connectivity index (χ0v) is 35.0. The zero-order chi connectivity index (χ0) is 38.0. The second-order valence-corrected chi connectivity index (χ2v) is 15.5. The average molecular weight is 719 g/mol. The molecule has 0 saturated heterocycles. The maximum Gasteiger partial charge on any atom is 0.303 e. The fourth-order valence-electron chi connectivity index (χ4n) is 7.54. The minimum atomic E-state index is 0.877. The van der Waals surface area contributed by atoms with Crippen LogP contribution in [0.25, 0.3) is 11.1 Å². The van der Waals surface area contributed by atoms with Crippen LogP contribution in [0.2, 0.25) is 0 Å². The van der Waals surface area contributed by atoms with Gasteiger partial charge < -0.3 is 5.53 Å². The lowest BCUT2D eigenvalue weighted by molar-refractivity contribution is 0.00739. The third-order valence-electron chi connectivity index (χ3n) is 10.8. The third-order valence-corrected chi connectivity index (χ3v) is 10.8. The van der Waals surface area contributed by atoms with E-state index in [1.807, 2.05) is 0 Å². The van der Waals surface area contributed by atoms with Crippen molar-refractivity contribution in [1.82, 2.24) is 0 Å². The lowest BCUT2D eigenvalue weighted by atomic mass is 9.82. The molecule has 2 nitrogen and oxygen atoms in total. The summed E-state index contributed by atoms with van der Waals surface area (Å²) in [5, 5.41) is 0. The molecule has 0 bridgehead atoms. The lowest BCUT2D eigenvalue weighted by Gasteiger charge is -2.20. The van der Waals surface area contributed by atoms with Gasteiger partial charge in [0, 0.05) is 12.8 Å². The van der Waals surface area contributed by atoms with Crippen LogP contribution >= 0.6 is 0 Å². The van der Waals surface area contributed by atoms with Gasteiger partial charge in [-0.3, -0.25) is 0 Å². The first-order valence-corrected chi connectivity index (χ1v) is 22.5. The first-order chi connectivity index (χ1) is 26.2. The Labute approximate surface area is 328 Å². The Kier molecular flexibility index (Phi) is 28.1. The van der Waals surface area contributed by atoms with Gasteiger partial charge in [-0.25, -0.2) is 0 Å². The zero-order valence-electron chi connectivity index (χ0n) is 35.0. The van der Waals surface area contributed by atoms with Gasteiger partial charge in [-0.1, -0.05) is 198 Å². The minimum Gasteiger partial charge on any atom is -0.348 e. The van der Waals surface area contributed by atoms with Gasteiger partial charge in [0.1, 0.15) is 0 Å². The van der Waals surface area contributed by atoms with Gasteiger partial charge in [-0.05, 0) is 84.8 Å². The third kappa shape index (κ3) is 20.8. The molecule has 0 spiro atoms. The Hall–Kier alpha value is -3.10. The van der Waals surface area contributed by atoms with Crippen molar-refractivity contribution in [2.45, 2.75) is 214 Å². The summed E-state index contributed by atoms with van der Waals surface area (Å²) in [7, 11) is 0. The molecule has 0 atom stereocenters. The predicted molar refractivity (Wildman–Crippen MR) is 234 cm³/mol. The van der Waals surface area contributed by atoms with E-state index in [1.165, 1.54) is 162 Å². The summed E-state index contributed by atoms with van der Waals surface area (Å²) in [6, 6.07) is 18.2. The molecule has 2 aromatic rings. The van der Waals surface area contributed by atoms with E-state index >= 15 is 0 Å². The Morgan fingerprint density at radius 1 is 0.528 bits per heavy atom. The topological polar surface area (TPSA) is 36.4 Å². The van der Waals surface area contributed by atoms with Crippen LogP contribution < -0.4 is 0 Å². The first-order valence-electron chi connectivity index (χ1n) is 22.5. The molecule has 2 rings (SSSR count). The Morgan fingerprint density at radius 2 is 1.09 bits per heavy atom. The summed E-state index contributed by atoms with van der Waals surface area (Å²) in [6.07, 6.45) is 35.8. The van der Waals surface area contributed by atoms with Crippen molar-refractivity contribution in [2.24, 2.45) is 0 Å². The summed E-state index contributed by atoms with van der Waals surface area (Å²) in [4.78, 5) is 3.53. The quantitative estimate of drug-likeness (QED) is 0.0186. The standard InChI is InChI=1S/C51H78N2/c1-5-9-13-15-17-18-19-20-21-22-23-24-25-26-27-29-30-37-46-38-32-33-42-49(46)51(47-40-34-36-45(43-47)35-11-7-3)50(41-12-8-4)48(44-53-52)39-31-28-16-14-10-6-2/h32-34,36,38,40,42-43H,5-26,28,30-31,35,37,39,41H2,1-4H3. The number of allylic oxidation sites excluding steroid dienone is 2. The summed E-state index contributed by atoms with van der Waals surface area (Å²) >= 11 is 0. The van der Waals surface area contributed by atoms with Crippen molar-refractivity contribution in [1.29, 1.82) is 0 Å². The molecule has 0 amide bonds. The molecule has 0 aromatic heterocycles. The highest BCUT2D eigenvalue weighted by Crippen LogP contribution is 2.37. The summed E-state index contributed by atoms with van der Waals surface area (Å²) in [5.41, 5.74) is 18.8. The van der Waals surface area contributed by atoms with E-state index in [0.717, 1.165) is 63.4 Å². The number of rotatable bonds is 31. The molecular weight excluding hydrogens is 641 g/mol. The molecule has 0 aliphatic rings. The summed E-state index contributed by atoms with van der Waals surface area (Å²) in [5.74, 6) is 10.2. The van der Waals surface area contributed by atoms with Gasteiger partial charge >= 0.3 is 5.87 Å². The fourth-order valence-corrected chi connectivity index (χ4v) is 7.54. The van der Waals surface area contributed by atoms with Crippen molar-refractivity contribution in [3.63, 3.8) is 0 Å². The van der Waals surface area contributed by atoms with Gasteiger partial charge in [-0.2, -0.15) is 0 Å². The van der Waals surface area contributed by atoms with Crippen molar-refractivity contribution in [3.8, 4) is 11.8 Å². The van der Waals surface area contributed by atoms with Crippen LogP contribution in [-0.4, -0.2) is 10.7 Å². The van der Waals surface area contributed by atoms with Crippen molar-refractivity contribution in [2.75, 3.05) is 0 Å². The highest BCUT2D eigenvalue weighted by molar-refractivity contribution is 5.88. The van der Waals surface area contributed by atoms with Crippen LogP contribution in [0.1, 0.15) is 223 Å². The number of hydrogen-bond donors (Lipinski definition) is 0. The number of benzene rings is 2. The molecule has 0 aliphatic heterocycles. The van der Waals surface area contributed by atoms with Crippen LogP contribution in [0.3, 0.4) is 0 Å². The van der Waals surface area contributed by atoms with Crippen molar-refractivity contribution < 1.29 is 4.79 Å². The first kappa shape index (κ1) is 46.1. The summed E-state index contributed by atoms with van der Waals surface area (Å²) in [6.45, 7) is 9.10. The van der Waals surface area contributed by atoms with Gasteiger partial charge in [-0.15, -0.1) is 16.6 Å². The maximum atomic E-state index is 9.87. The molecular formula is C51H78N2. The molecule has 0 aliphatic carbocycles. The highest BCUT2D eigenvalue weighted by Gasteiger charge is 2.20. The second kappa shape index (κ2) is 32.3. The van der Waals surface area contributed by atoms with E-state index in [-0.39, 0.29) is 0 Å². The van der Waals surface area contributed by atoms with E-state index in [2.05, 4.69) is 98.7 Å². The summed E-state index contributed by atoms with van der Waals surface area (Å²) < 4.78 is 0. The van der Waals surface area contributed by atoms with Gasteiger partial charge in [0.2, 0.25) is 0 Å². The van der Waals surface area contributed by atoms with E-state index in [0.29, 0.717) is 0 Å². The molecule has 0 N–H and O–H groups in total. The molecule has 2 heteroatoms. The molecule has 2 aromatic carbocycles. The van der Waals surface area contributed by atoms with E-state index in [9.17, 15) is 5.53 Å². The van der Waals surface area contributed by atoms with E-state index < -0.39 is 0 Å². The SMILES string of the molecule is CCCCCCCCCCCCCCCC#CCCc1ccccc1C(=C(CCCC)C(=C=[N+]=[N-])CCCCCCCC)c1cccc(CCCC)c1. The fraction of sp³-hybridized carbons (Fsp3) is 0.647. The molecule has 0 saturated carbocycles. The van der Waals surface area contributed by atoms with Gasteiger partial charge in [0.15, 0.2) is 0 Å². The lowest BCUT2D eigenvalue weighted by Crippen LogP contribution is -2.04. The molecule has 0 unspecified atom stereocenters. The minimum absolute atomic E-state index is 0.877. The highest BCUT2D eigenvalue weighted by atomic mass is 14.8. The van der Waals surface area contributed by atoms with Crippen LogP contribution in [0.15, 0.2) is 59.7 Å². The Balaban J connectivity index is 2.18. The molecule has 0 fully saturated rings. The van der Waals surface area contributed by atoms with Crippen molar-refractivity contribution in [3.05, 3.63) is 87.5 Å². The number of nitrogens with zero attached hydrogens (tertiary/aromatic N) is 2. The van der Waals surface area contributed by atoms with Crippen LogP contribution in [0, 0.1) is 11.8 Å². The smallest absolute Gasteiger partial charge is 0.303 e. The normalized spacial score (nSPS) is 11.4. The molecule has 53 heavy (non-hydrogen) atoms. The van der Waals surface area contributed by atoms with E-state index in [1.54, 1.807) is 0 Å². The van der Waals surface area contributed by atoms with Crippen LogP contribution in [-0.2, 0) is 12.8 Å². The number of hydrogen-bond acceptors (Lipinski definition) is 0. The number of aryl methyl sites for hydroxylation is 2. The van der Waals surface area contributed by atoms with Crippen molar-refractivity contribution >= 4 is 11.4 Å².